The summed E-state index contributed by atoms with van der Waals surface area (Å²) in [6.07, 6.45) is 0. The summed E-state index contributed by atoms with van der Waals surface area (Å²) in [5.41, 5.74) is 0.828. The molecule has 0 aliphatic rings. The molecule has 0 saturated heterocycles. The molecule has 0 aromatic heterocycles. The zero-order valence-electron chi connectivity index (χ0n) is 10.9. The third-order valence-electron chi connectivity index (χ3n) is 2.70. The van der Waals surface area contributed by atoms with E-state index < -0.39 is 10.0 Å². The van der Waals surface area contributed by atoms with Crippen LogP contribution in [0.5, 0.6) is 0 Å². The van der Waals surface area contributed by atoms with Gasteiger partial charge in [0.2, 0.25) is 10.0 Å². The van der Waals surface area contributed by atoms with Crippen LogP contribution < -0.4 is 0 Å². The molecule has 0 amide bonds. The fourth-order valence-corrected chi connectivity index (χ4v) is 2.92. The van der Waals surface area contributed by atoms with Crippen molar-refractivity contribution in [2.75, 3.05) is 13.6 Å². The smallest absolute Gasteiger partial charge is 0.212 e. The van der Waals surface area contributed by atoms with Crippen LogP contribution in [0.15, 0.2) is 24.3 Å². The monoisotopic (exact) mass is 277 g/mol. The Morgan fingerprint density at radius 3 is 2.53 bits per heavy atom. The number of nitrogens with zero attached hydrogens (tertiary/aromatic N) is 3. The van der Waals surface area contributed by atoms with Gasteiger partial charge in [0, 0.05) is 13.6 Å². The van der Waals surface area contributed by atoms with Crippen molar-refractivity contribution in [1.29, 1.82) is 10.5 Å². The number of sulfonamides is 1. The fraction of sp³-hybridized carbons (Fsp3) is 0.385. The van der Waals surface area contributed by atoms with Crippen LogP contribution in [0.1, 0.15) is 18.1 Å². The highest BCUT2D eigenvalue weighted by molar-refractivity contribution is 7.88. The van der Waals surface area contributed by atoms with Crippen LogP contribution in [-0.4, -0.2) is 26.3 Å². The van der Waals surface area contributed by atoms with Crippen LogP contribution in [0, 0.1) is 28.6 Å². The van der Waals surface area contributed by atoms with Gasteiger partial charge in [0.25, 0.3) is 0 Å². The van der Waals surface area contributed by atoms with Gasteiger partial charge in [0.05, 0.1) is 29.4 Å². The second kappa shape index (κ2) is 6.33. The average molecular weight is 277 g/mol. The Labute approximate surface area is 113 Å². The Morgan fingerprint density at radius 1 is 1.32 bits per heavy atom. The molecule has 1 atom stereocenters. The summed E-state index contributed by atoms with van der Waals surface area (Å²) in [7, 11) is -2.08. The van der Waals surface area contributed by atoms with Gasteiger partial charge in [-0.1, -0.05) is 18.2 Å². The number of benzene rings is 1. The lowest BCUT2D eigenvalue weighted by atomic mass is 10.1. The van der Waals surface area contributed by atoms with E-state index in [4.69, 9.17) is 10.5 Å². The van der Waals surface area contributed by atoms with Crippen LogP contribution in [0.2, 0.25) is 0 Å². The second-order valence-electron chi connectivity index (χ2n) is 4.34. The Morgan fingerprint density at radius 2 is 1.95 bits per heavy atom. The van der Waals surface area contributed by atoms with E-state index in [0.29, 0.717) is 11.1 Å². The summed E-state index contributed by atoms with van der Waals surface area (Å²) in [6.45, 7) is 1.81. The number of hydrogen-bond acceptors (Lipinski definition) is 4. The number of hydrogen-bond donors (Lipinski definition) is 0. The SMILES string of the molecule is CC(C#N)CN(C)S(=O)(=O)Cc1ccccc1C#N. The molecular weight excluding hydrogens is 262 g/mol. The van der Waals surface area contributed by atoms with Gasteiger partial charge >= 0.3 is 0 Å². The molecule has 0 spiro atoms. The van der Waals surface area contributed by atoms with Crippen molar-refractivity contribution in [2.45, 2.75) is 12.7 Å². The molecule has 1 unspecified atom stereocenters. The van der Waals surface area contributed by atoms with Crippen LogP contribution in [0.25, 0.3) is 0 Å². The topological polar surface area (TPSA) is 85.0 Å². The van der Waals surface area contributed by atoms with E-state index in [1.807, 2.05) is 12.1 Å². The molecule has 19 heavy (non-hydrogen) atoms. The van der Waals surface area contributed by atoms with E-state index in [-0.39, 0.29) is 18.2 Å². The molecule has 100 valence electrons. The van der Waals surface area contributed by atoms with Crippen molar-refractivity contribution in [2.24, 2.45) is 5.92 Å². The van der Waals surface area contributed by atoms with Crippen molar-refractivity contribution in [3.05, 3.63) is 35.4 Å². The van der Waals surface area contributed by atoms with E-state index in [1.54, 1.807) is 31.2 Å². The average Bonchev–Trinajstić information content (AvgIpc) is 2.38. The summed E-state index contributed by atoms with van der Waals surface area (Å²) in [5.74, 6) is -0.600. The van der Waals surface area contributed by atoms with Gasteiger partial charge in [-0.05, 0) is 18.6 Å². The Bertz CT molecular complexity index is 626. The standard InChI is InChI=1S/C13H15N3O2S/c1-11(7-14)9-16(2)19(17,18)10-13-6-4-3-5-12(13)8-15/h3-6,11H,9-10H2,1-2H3. The quantitative estimate of drug-likeness (QED) is 0.815. The first kappa shape index (κ1) is 15.2. The van der Waals surface area contributed by atoms with Gasteiger partial charge < -0.3 is 0 Å². The molecule has 0 aliphatic heterocycles. The summed E-state index contributed by atoms with van der Waals surface area (Å²) in [6, 6.07) is 10.6. The predicted molar refractivity (Wildman–Crippen MR) is 71.2 cm³/mol. The maximum atomic E-state index is 12.1. The van der Waals surface area contributed by atoms with Gasteiger partial charge in [-0.25, -0.2) is 12.7 Å². The molecule has 0 aliphatic carbocycles. The van der Waals surface area contributed by atoms with Crippen molar-refractivity contribution in [3.8, 4) is 12.1 Å². The van der Waals surface area contributed by atoms with Gasteiger partial charge in [0.1, 0.15) is 0 Å². The van der Waals surface area contributed by atoms with Crippen LogP contribution in [0.3, 0.4) is 0 Å². The third-order valence-corrected chi connectivity index (χ3v) is 4.48. The molecule has 1 rings (SSSR count). The lowest BCUT2D eigenvalue weighted by Gasteiger charge is -2.18. The Kier molecular flexibility index (Phi) is 5.05. The third kappa shape index (κ3) is 4.06. The summed E-state index contributed by atoms with van der Waals surface area (Å²) < 4.78 is 25.4. The molecule has 0 heterocycles. The maximum Gasteiger partial charge on any atom is 0.218 e. The Hall–Kier alpha value is -1.89. The van der Waals surface area contributed by atoms with Crippen molar-refractivity contribution >= 4 is 10.0 Å². The van der Waals surface area contributed by atoms with Crippen LogP contribution in [-0.2, 0) is 15.8 Å². The molecule has 0 saturated carbocycles. The minimum atomic E-state index is -3.52. The first-order valence-corrected chi connectivity index (χ1v) is 7.33. The summed E-state index contributed by atoms with van der Waals surface area (Å²) in [5, 5.41) is 17.6. The number of nitriles is 2. The van der Waals surface area contributed by atoms with Crippen LogP contribution >= 0.6 is 0 Å². The first-order chi connectivity index (χ1) is 8.90. The normalized spacial score (nSPS) is 12.7. The molecule has 1 aromatic rings. The second-order valence-corrected chi connectivity index (χ2v) is 6.41. The fourth-order valence-electron chi connectivity index (χ4n) is 1.60. The van der Waals surface area contributed by atoms with Crippen molar-refractivity contribution in [3.63, 3.8) is 0 Å². The molecule has 0 fully saturated rings. The highest BCUT2D eigenvalue weighted by Gasteiger charge is 2.21. The van der Waals surface area contributed by atoms with Crippen molar-refractivity contribution in [1.82, 2.24) is 4.31 Å². The summed E-state index contributed by atoms with van der Waals surface area (Å²) in [4.78, 5) is 0. The molecule has 0 radical (unpaired) electrons. The lowest BCUT2D eigenvalue weighted by molar-refractivity contribution is 0.438. The minimum Gasteiger partial charge on any atom is -0.212 e. The van der Waals surface area contributed by atoms with Gasteiger partial charge in [-0.3, -0.25) is 0 Å². The summed E-state index contributed by atoms with van der Waals surface area (Å²) >= 11 is 0. The molecule has 6 heteroatoms. The number of rotatable bonds is 5. The molecule has 5 nitrogen and oxygen atoms in total. The van der Waals surface area contributed by atoms with E-state index in [2.05, 4.69) is 0 Å². The van der Waals surface area contributed by atoms with Gasteiger partial charge in [0.15, 0.2) is 0 Å². The van der Waals surface area contributed by atoms with Gasteiger partial charge in [-0.15, -0.1) is 0 Å². The minimum absolute atomic E-state index is 0.146. The zero-order chi connectivity index (χ0) is 14.5. The predicted octanol–water partition coefficient (Wildman–Crippen LogP) is 1.48. The highest BCUT2D eigenvalue weighted by Crippen LogP contribution is 2.14. The zero-order valence-corrected chi connectivity index (χ0v) is 11.7. The van der Waals surface area contributed by atoms with Gasteiger partial charge in [-0.2, -0.15) is 10.5 Å². The van der Waals surface area contributed by atoms with Crippen molar-refractivity contribution < 1.29 is 8.42 Å². The largest absolute Gasteiger partial charge is 0.218 e. The Balaban J connectivity index is 2.92. The molecule has 1 aromatic carbocycles. The first-order valence-electron chi connectivity index (χ1n) is 5.72. The molecular formula is C13H15N3O2S. The maximum absolute atomic E-state index is 12.1. The molecule has 0 bridgehead atoms. The molecule has 0 N–H and O–H groups in total. The van der Waals surface area contributed by atoms with E-state index in [9.17, 15) is 8.42 Å². The van der Waals surface area contributed by atoms with E-state index >= 15 is 0 Å². The highest BCUT2D eigenvalue weighted by atomic mass is 32.2. The van der Waals surface area contributed by atoms with E-state index in [1.165, 1.54) is 7.05 Å². The van der Waals surface area contributed by atoms with Crippen LogP contribution in [0.4, 0.5) is 0 Å². The van der Waals surface area contributed by atoms with E-state index in [0.717, 1.165) is 4.31 Å². The lowest BCUT2D eigenvalue weighted by Crippen LogP contribution is -2.32.